The average Bonchev–Trinajstić information content (AvgIpc) is 2.39. The standard InChI is InChI=1S/C14H20N2O2/c1-2-4-12-10-16(8-7-15-12)13-6-3-5-11(9-13)14(17)18/h3,5-6,9,12,15H,2,4,7-8,10H2,1H3,(H,17,18)/t12-/m0/s1. The average molecular weight is 248 g/mol. The van der Waals surface area contributed by atoms with Crippen LogP contribution in [0.5, 0.6) is 0 Å². The molecule has 0 radical (unpaired) electrons. The number of hydrogen-bond acceptors (Lipinski definition) is 3. The highest BCUT2D eigenvalue weighted by atomic mass is 16.4. The van der Waals surface area contributed by atoms with Gasteiger partial charge in [0.1, 0.15) is 0 Å². The third kappa shape index (κ3) is 3.01. The van der Waals surface area contributed by atoms with Crippen LogP contribution in [0, 0.1) is 0 Å². The first-order chi connectivity index (χ1) is 8.70. The number of carbonyl (C=O) groups is 1. The summed E-state index contributed by atoms with van der Waals surface area (Å²) in [5.74, 6) is -0.864. The minimum absolute atomic E-state index is 0.359. The summed E-state index contributed by atoms with van der Waals surface area (Å²) in [4.78, 5) is 13.2. The molecule has 1 aliphatic heterocycles. The lowest BCUT2D eigenvalue weighted by Crippen LogP contribution is -2.50. The molecule has 98 valence electrons. The summed E-state index contributed by atoms with van der Waals surface area (Å²) in [6.45, 7) is 5.04. The van der Waals surface area contributed by atoms with Crippen molar-refractivity contribution in [1.29, 1.82) is 0 Å². The van der Waals surface area contributed by atoms with Gasteiger partial charge in [0.2, 0.25) is 0 Å². The number of carboxylic acid groups (broad SMARTS) is 1. The van der Waals surface area contributed by atoms with Gasteiger partial charge in [0, 0.05) is 31.4 Å². The number of nitrogens with zero attached hydrogens (tertiary/aromatic N) is 1. The zero-order valence-electron chi connectivity index (χ0n) is 10.7. The van der Waals surface area contributed by atoms with E-state index in [9.17, 15) is 4.79 Å². The maximum Gasteiger partial charge on any atom is 0.335 e. The molecule has 1 fully saturated rings. The molecule has 0 unspecified atom stereocenters. The van der Waals surface area contributed by atoms with E-state index in [-0.39, 0.29) is 0 Å². The van der Waals surface area contributed by atoms with Crippen molar-refractivity contribution in [3.8, 4) is 0 Å². The Kier molecular flexibility index (Phi) is 4.20. The Balaban J connectivity index is 2.10. The number of piperazine rings is 1. The van der Waals surface area contributed by atoms with Gasteiger partial charge in [-0.3, -0.25) is 0 Å². The highest BCUT2D eigenvalue weighted by Gasteiger charge is 2.19. The molecular weight excluding hydrogens is 228 g/mol. The predicted molar refractivity (Wildman–Crippen MR) is 72.3 cm³/mol. The van der Waals surface area contributed by atoms with E-state index >= 15 is 0 Å². The molecule has 1 saturated heterocycles. The van der Waals surface area contributed by atoms with Crippen LogP contribution in [0.25, 0.3) is 0 Å². The molecule has 2 N–H and O–H groups in total. The molecule has 1 aromatic rings. The number of nitrogens with one attached hydrogen (secondary N) is 1. The minimum atomic E-state index is -0.864. The summed E-state index contributed by atoms with van der Waals surface area (Å²) in [6, 6.07) is 7.71. The Hall–Kier alpha value is -1.55. The Morgan fingerprint density at radius 1 is 1.56 bits per heavy atom. The summed E-state index contributed by atoms with van der Waals surface area (Å²) in [7, 11) is 0. The first-order valence-corrected chi connectivity index (χ1v) is 6.52. The first kappa shape index (κ1) is 12.9. The number of aromatic carboxylic acids is 1. The van der Waals surface area contributed by atoms with E-state index < -0.39 is 5.97 Å². The van der Waals surface area contributed by atoms with Crippen molar-refractivity contribution in [1.82, 2.24) is 5.32 Å². The largest absolute Gasteiger partial charge is 0.478 e. The zero-order valence-corrected chi connectivity index (χ0v) is 10.7. The molecule has 0 amide bonds. The maximum absolute atomic E-state index is 11.0. The zero-order chi connectivity index (χ0) is 13.0. The second kappa shape index (κ2) is 5.87. The Morgan fingerprint density at radius 3 is 3.11 bits per heavy atom. The Labute approximate surface area is 108 Å². The molecule has 4 heteroatoms. The number of hydrogen-bond donors (Lipinski definition) is 2. The van der Waals surface area contributed by atoms with Crippen LogP contribution in [-0.4, -0.2) is 36.8 Å². The van der Waals surface area contributed by atoms with Crippen LogP contribution in [0.2, 0.25) is 0 Å². The normalized spacial score (nSPS) is 19.8. The van der Waals surface area contributed by atoms with Gasteiger partial charge in [-0.1, -0.05) is 19.4 Å². The fourth-order valence-electron chi connectivity index (χ4n) is 2.44. The van der Waals surface area contributed by atoms with Gasteiger partial charge in [-0.15, -0.1) is 0 Å². The van der Waals surface area contributed by atoms with E-state index in [1.54, 1.807) is 12.1 Å². The van der Waals surface area contributed by atoms with E-state index in [0.29, 0.717) is 11.6 Å². The summed E-state index contributed by atoms with van der Waals surface area (Å²) in [5, 5.41) is 12.5. The molecule has 4 nitrogen and oxygen atoms in total. The van der Waals surface area contributed by atoms with Crippen LogP contribution < -0.4 is 10.2 Å². The molecular formula is C14H20N2O2. The quantitative estimate of drug-likeness (QED) is 0.855. The number of benzene rings is 1. The van der Waals surface area contributed by atoms with E-state index in [1.165, 1.54) is 6.42 Å². The number of rotatable bonds is 4. The van der Waals surface area contributed by atoms with Gasteiger partial charge in [-0.05, 0) is 24.6 Å². The lowest BCUT2D eigenvalue weighted by Gasteiger charge is -2.35. The van der Waals surface area contributed by atoms with Crippen LogP contribution in [-0.2, 0) is 0 Å². The fraction of sp³-hybridized carbons (Fsp3) is 0.500. The van der Waals surface area contributed by atoms with Gasteiger partial charge in [0.25, 0.3) is 0 Å². The number of carboxylic acids is 1. The fourth-order valence-corrected chi connectivity index (χ4v) is 2.44. The molecule has 0 aromatic heterocycles. The summed E-state index contributed by atoms with van der Waals surface area (Å²) in [5.41, 5.74) is 1.37. The van der Waals surface area contributed by atoms with Gasteiger partial charge in [0.05, 0.1) is 5.56 Å². The summed E-state index contributed by atoms with van der Waals surface area (Å²) < 4.78 is 0. The molecule has 1 atom stereocenters. The lowest BCUT2D eigenvalue weighted by molar-refractivity contribution is 0.0697. The van der Waals surface area contributed by atoms with Gasteiger partial charge >= 0.3 is 5.97 Å². The summed E-state index contributed by atoms with van der Waals surface area (Å²) in [6.07, 6.45) is 2.33. The van der Waals surface area contributed by atoms with Crippen molar-refractivity contribution >= 4 is 11.7 Å². The van der Waals surface area contributed by atoms with Crippen LogP contribution in [0.3, 0.4) is 0 Å². The topological polar surface area (TPSA) is 52.6 Å². The third-order valence-corrected chi connectivity index (χ3v) is 3.35. The highest BCUT2D eigenvalue weighted by Crippen LogP contribution is 2.18. The van der Waals surface area contributed by atoms with E-state index in [4.69, 9.17) is 5.11 Å². The van der Waals surface area contributed by atoms with Crippen LogP contribution in [0.1, 0.15) is 30.1 Å². The van der Waals surface area contributed by atoms with Gasteiger partial charge in [-0.25, -0.2) is 4.79 Å². The van der Waals surface area contributed by atoms with Gasteiger partial charge in [0.15, 0.2) is 0 Å². The molecule has 0 bridgehead atoms. The molecule has 0 saturated carbocycles. The highest BCUT2D eigenvalue weighted by molar-refractivity contribution is 5.88. The number of anilines is 1. The monoisotopic (exact) mass is 248 g/mol. The summed E-state index contributed by atoms with van der Waals surface area (Å²) >= 11 is 0. The van der Waals surface area contributed by atoms with Crippen molar-refractivity contribution in [2.45, 2.75) is 25.8 Å². The van der Waals surface area contributed by atoms with Crippen LogP contribution >= 0.6 is 0 Å². The van der Waals surface area contributed by atoms with Crippen molar-refractivity contribution < 1.29 is 9.90 Å². The van der Waals surface area contributed by atoms with Gasteiger partial charge < -0.3 is 15.3 Å². The molecule has 0 aliphatic carbocycles. The molecule has 2 rings (SSSR count). The third-order valence-electron chi connectivity index (χ3n) is 3.35. The van der Waals surface area contributed by atoms with E-state index in [2.05, 4.69) is 17.1 Å². The lowest BCUT2D eigenvalue weighted by atomic mass is 10.1. The van der Waals surface area contributed by atoms with Crippen molar-refractivity contribution in [2.24, 2.45) is 0 Å². The van der Waals surface area contributed by atoms with E-state index in [0.717, 1.165) is 31.7 Å². The molecule has 18 heavy (non-hydrogen) atoms. The van der Waals surface area contributed by atoms with E-state index in [1.807, 2.05) is 12.1 Å². The maximum atomic E-state index is 11.0. The second-order valence-electron chi connectivity index (χ2n) is 4.74. The SMILES string of the molecule is CCC[C@H]1CN(c2cccc(C(=O)O)c2)CCN1. The molecule has 1 heterocycles. The predicted octanol–water partition coefficient (Wildman–Crippen LogP) is 1.96. The van der Waals surface area contributed by atoms with Crippen molar-refractivity contribution in [2.75, 3.05) is 24.5 Å². The smallest absolute Gasteiger partial charge is 0.335 e. The molecule has 0 spiro atoms. The first-order valence-electron chi connectivity index (χ1n) is 6.52. The second-order valence-corrected chi connectivity index (χ2v) is 4.74. The van der Waals surface area contributed by atoms with Crippen LogP contribution in [0.15, 0.2) is 24.3 Å². The van der Waals surface area contributed by atoms with Gasteiger partial charge in [-0.2, -0.15) is 0 Å². The molecule has 1 aliphatic rings. The molecule has 1 aromatic carbocycles. The Morgan fingerprint density at radius 2 is 2.39 bits per heavy atom. The Bertz CT molecular complexity index is 418. The minimum Gasteiger partial charge on any atom is -0.478 e. The van der Waals surface area contributed by atoms with Crippen molar-refractivity contribution in [3.05, 3.63) is 29.8 Å². The van der Waals surface area contributed by atoms with Crippen molar-refractivity contribution in [3.63, 3.8) is 0 Å². The van der Waals surface area contributed by atoms with Crippen LogP contribution in [0.4, 0.5) is 5.69 Å².